The second-order valence-electron chi connectivity index (χ2n) is 8.60. The summed E-state index contributed by atoms with van der Waals surface area (Å²) in [5.74, 6) is 0.0715. The average molecular weight is 480 g/mol. The summed E-state index contributed by atoms with van der Waals surface area (Å²) in [6.45, 7) is 6.59. The van der Waals surface area contributed by atoms with Crippen LogP contribution in [0.4, 0.5) is 0 Å². The standard InChI is InChI=1S/C27H29NO7/c1-5-32-26(29)23-21(16-10-11-19(20(14-16)31-4)33-13-12-15(2)3)22-24(35-25(23)28)17-8-6-7-9-18(17)34-27(22)30/h6-11,14-15,21H,5,12-13,28H2,1-4H3/t21-/m1/s1. The van der Waals surface area contributed by atoms with Crippen LogP contribution in [0, 0.1) is 5.92 Å². The molecule has 2 aromatic carbocycles. The Balaban J connectivity index is 1.89. The average Bonchev–Trinajstić information content (AvgIpc) is 2.83. The Bertz CT molecular complexity index is 1340. The van der Waals surface area contributed by atoms with Gasteiger partial charge in [0.25, 0.3) is 0 Å². The highest BCUT2D eigenvalue weighted by Crippen LogP contribution is 2.45. The highest BCUT2D eigenvalue weighted by atomic mass is 16.5. The number of esters is 1. The van der Waals surface area contributed by atoms with E-state index in [2.05, 4.69) is 13.8 Å². The van der Waals surface area contributed by atoms with Crippen LogP contribution >= 0.6 is 0 Å². The second-order valence-corrected chi connectivity index (χ2v) is 8.60. The van der Waals surface area contributed by atoms with E-state index in [9.17, 15) is 9.59 Å². The lowest BCUT2D eigenvalue weighted by Crippen LogP contribution is -2.31. The maximum atomic E-state index is 13.2. The number of rotatable bonds is 8. The van der Waals surface area contributed by atoms with Gasteiger partial charge >= 0.3 is 11.6 Å². The van der Waals surface area contributed by atoms with Gasteiger partial charge in [-0.1, -0.05) is 32.0 Å². The first-order valence-corrected chi connectivity index (χ1v) is 11.6. The van der Waals surface area contributed by atoms with E-state index in [0.717, 1.165) is 6.42 Å². The third kappa shape index (κ3) is 4.69. The molecule has 3 aromatic rings. The molecule has 8 heteroatoms. The summed E-state index contributed by atoms with van der Waals surface area (Å²) in [7, 11) is 1.53. The molecule has 35 heavy (non-hydrogen) atoms. The summed E-state index contributed by atoms with van der Waals surface area (Å²) < 4.78 is 28.2. The van der Waals surface area contributed by atoms with E-state index in [1.165, 1.54) is 7.11 Å². The van der Waals surface area contributed by atoms with E-state index in [-0.39, 0.29) is 29.4 Å². The Labute approximate surface area is 203 Å². The summed E-state index contributed by atoms with van der Waals surface area (Å²) in [5, 5.41) is 0.568. The zero-order valence-electron chi connectivity index (χ0n) is 20.3. The Kier molecular flexibility index (Phi) is 7.00. The van der Waals surface area contributed by atoms with Crippen LogP contribution in [-0.4, -0.2) is 26.3 Å². The summed E-state index contributed by atoms with van der Waals surface area (Å²) in [6, 6.07) is 12.2. The fourth-order valence-corrected chi connectivity index (χ4v) is 4.09. The molecule has 1 aliphatic heterocycles. The topological polar surface area (TPSA) is 110 Å². The number of carbonyl (C=O) groups excluding carboxylic acids is 1. The quantitative estimate of drug-likeness (QED) is 0.372. The zero-order chi connectivity index (χ0) is 25.1. The number of hydrogen-bond acceptors (Lipinski definition) is 8. The van der Waals surface area contributed by atoms with Gasteiger partial charge in [-0.05, 0) is 49.1 Å². The van der Waals surface area contributed by atoms with Gasteiger partial charge in [0.2, 0.25) is 5.88 Å². The Morgan fingerprint density at radius 1 is 1.14 bits per heavy atom. The van der Waals surface area contributed by atoms with Crippen molar-refractivity contribution in [1.29, 1.82) is 0 Å². The number of fused-ring (bicyclic) bond motifs is 3. The maximum Gasteiger partial charge on any atom is 0.344 e. The monoisotopic (exact) mass is 479 g/mol. The van der Waals surface area contributed by atoms with Gasteiger partial charge < -0.3 is 29.1 Å². The van der Waals surface area contributed by atoms with Gasteiger partial charge in [-0.2, -0.15) is 0 Å². The van der Waals surface area contributed by atoms with E-state index < -0.39 is 17.5 Å². The van der Waals surface area contributed by atoms with Crippen molar-refractivity contribution in [2.75, 3.05) is 20.3 Å². The normalized spacial score (nSPS) is 15.1. The molecule has 8 nitrogen and oxygen atoms in total. The largest absolute Gasteiger partial charge is 0.493 e. The fourth-order valence-electron chi connectivity index (χ4n) is 4.09. The number of para-hydroxylation sites is 1. The molecule has 1 aliphatic rings. The minimum Gasteiger partial charge on any atom is -0.493 e. The summed E-state index contributed by atoms with van der Waals surface area (Å²) in [5.41, 5.74) is 6.75. The van der Waals surface area contributed by atoms with Crippen molar-refractivity contribution in [2.45, 2.75) is 33.1 Å². The number of carbonyl (C=O) groups is 1. The highest BCUT2D eigenvalue weighted by molar-refractivity contribution is 5.94. The molecule has 0 spiro atoms. The molecule has 0 radical (unpaired) electrons. The van der Waals surface area contributed by atoms with Crippen molar-refractivity contribution in [3.05, 3.63) is 75.5 Å². The molecular formula is C27H29NO7. The molecule has 0 saturated heterocycles. The van der Waals surface area contributed by atoms with Crippen LogP contribution in [0.1, 0.15) is 44.2 Å². The molecule has 1 atom stereocenters. The van der Waals surface area contributed by atoms with E-state index in [4.69, 9.17) is 29.1 Å². The minimum absolute atomic E-state index is 0.0254. The van der Waals surface area contributed by atoms with Crippen molar-refractivity contribution in [2.24, 2.45) is 11.7 Å². The Morgan fingerprint density at radius 3 is 2.63 bits per heavy atom. The first kappa shape index (κ1) is 24.2. The molecular weight excluding hydrogens is 450 g/mol. The van der Waals surface area contributed by atoms with Crippen LogP contribution in [0.2, 0.25) is 0 Å². The molecule has 184 valence electrons. The lowest BCUT2D eigenvalue weighted by atomic mass is 9.83. The summed E-state index contributed by atoms with van der Waals surface area (Å²) >= 11 is 0. The van der Waals surface area contributed by atoms with Gasteiger partial charge in [0, 0.05) is 0 Å². The summed E-state index contributed by atoms with van der Waals surface area (Å²) in [4.78, 5) is 26.2. The van der Waals surface area contributed by atoms with E-state index in [1.807, 2.05) is 0 Å². The lowest BCUT2D eigenvalue weighted by Gasteiger charge is -2.28. The van der Waals surface area contributed by atoms with Crippen LogP contribution in [0.15, 0.2) is 63.1 Å². The van der Waals surface area contributed by atoms with Gasteiger partial charge in [0.1, 0.15) is 11.2 Å². The molecule has 1 aromatic heterocycles. The van der Waals surface area contributed by atoms with E-state index >= 15 is 0 Å². The molecule has 0 unspecified atom stereocenters. The number of benzene rings is 2. The highest BCUT2D eigenvalue weighted by Gasteiger charge is 2.39. The molecule has 0 aliphatic carbocycles. The number of hydrogen-bond donors (Lipinski definition) is 1. The molecule has 0 saturated carbocycles. The van der Waals surface area contributed by atoms with E-state index in [0.29, 0.717) is 40.6 Å². The summed E-state index contributed by atoms with van der Waals surface area (Å²) in [6.07, 6.45) is 0.888. The van der Waals surface area contributed by atoms with Crippen LogP contribution in [0.25, 0.3) is 11.0 Å². The number of methoxy groups -OCH3 is 1. The number of nitrogens with two attached hydrogens (primary N) is 1. The van der Waals surface area contributed by atoms with E-state index in [1.54, 1.807) is 49.4 Å². The van der Waals surface area contributed by atoms with Gasteiger partial charge in [0.05, 0.1) is 37.2 Å². The van der Waals surface area contributed by atoms with Gasteiger partial charge in [-0.15, -0.1) is 0 Å². The Hall–Kier alpha value is -3.94. The van der Waals surface area contributed by atoms with Crippen molar-refractivity contribution in [3.8, 4) is 17.2 Å². The number of ether oxygens (including phenoxy) is 4. The van der Waals surface area contributed by atoms with Gasteiger partial charge in [0.15, 0.2) is 17.2 Å². The first-order valence-electron chi connectivity index (χ1n) is 11.6. The SMILES string of the molecule is CCOC(=O)C1=C(N)Oc2c(c(=O)oc3ccccc23)[C@H]1c1ccc(OCCC(C)C)c(OC)c1. The predicted molar refractivity (Wildman–Crippen MR) is 131 cm³/mol. The first-order chi connectivity index (χ1) is 16.8. The van der Waals surface area contributed by atoms with Crippen LogP contribution in [-0.2, 0) is 9.53 Å². The fraction of sp³-hybridized carbons (Fsp3) is 0.333. The molecule has 0 bridgehead atoms. The van der Waals surface area contributed by atoms with Gasteiger partial charge in [-0.25, -0.2) is 9.59 Å². The van der Waals surface area contributed by atoms with Crippen LogP contribution in [0.3, 0.4) is 0 Å². The maximum absolute atomic E-state index is 13.2. The molecule has 0 fully saturated rings. The van der Waals surface area contributed by atoms with Crippen molar-refractivity contribution in [1.82, 2.24) is 0 Å². The second kappa shape index (κ2) is 10.1. The molecule has 0 amide bonds. The zero-order valence-corrected chi connectivity index (χ0v) is 20.3. The van der Waals surface area contributed by atoms with Crippen LogP contribution in [0.5, 0.6) is 17.2 Å². The third-order valence-corrected chi connectivity index (χ3v) is 5.82. The third-order valence-electron chi connectivity index (χ3n) is 5.82. The van der Waals surface area contributed by atoms with Crippen molar-refractivity contribution >= 4 is 16.9 Å². The molecule has 2 heterocycles. The molecule has 4 rings (SSSR count). The van der Waals surface area contributed by atoms with Crippen molar-refractivity contribution < 1.29 is 28.2 Å². The minimum atomic E-state index is -0.891. The van der Waals surface area contributed by atoms with Crippen molar-refractivity contribution in [3.63, 3.8) is 0 Å². The van der Waals surface area contributed by atoms with Crippen LogP contribution < -0.4 is 25.6 Å². The predicted octanol–water partition coefficient (Wildman–Crippen LogP) is 4.48. The Morgan fingerprint density at radius 2 is 1.91 bits per heavy atom. The van der Waals surface area contributed by atoms with Gasteiger partial charge in [-0.3, -0.25) is 0 Å². The smallest absolute Gasteiger partial charge is 0.344 e. The molecule has 2 N–H and O–H groups in total. The lowest BCUT2D eigenvalue weighted by molar-refractivity contribution is -0.139.